The van der Waals surface area contributed by atoms with Crippen molar-refractivity contribution in [1.29, 1.82) is 5.26 Å². The summed E-state index contributed by atoms with van der Waals surface area (Å²) in [5.41, 5.74) is -0.0669. The Labute approximate surface area is 224 Å². The van der Waals surface area contributed by atoms with Crippen molar-refractivity contribution < 1.29 is 36.0 Å². The number of hydrogen-bond acceptors (Lipinski definition) is 5. The molecule has 4 aromatic rings. The number of carbonyl (C=O) groups is 2. The number of nitrogens with one attached hydrogen (secondary N) is 2. The van der Waals surface area contributed by atoms with E-state index in [2.05, 4.69) is 15.6 Å². The molecule has 1 atom stereocenters. The van der Waals surface area contributed by atoms with E-state index in [0.29, 0.717) is 5.56 Å². The minimum absolute atomic E-state index is 0.00292. The van der Waals surface area contributed by atoms with Crippen LogP contribution in [0.2, 0.25) is 0 Å². The van der Waals surface area contributed by atoms with Gasteiger partial charge < -0.3 is 15.1 Å². The molecule has 0 aliphatic rings. The number of nitriles is 1. The number of aromatic nitrogens is 1. The van der Waals surface area contributed by atoms with Crippen LogP contribution >= 0.6 is 0 Å². The monoisotopic (exact) mass is 556 g/mol. The highest BCUT2D eigenvalue weighted by Crippen LogP contribution is 2.37. The second-order valence-electron chi connectivity index (χ2n) is 8.86. The number of hydrogen-bond donors (Lipinski definition) is 2. The lowest BCUT2D eigenvalue weighted by atomic mass is 9.96. The van der Waals surface area contributed by atoms with Gasteiger partial charge in [0.05, 0.1) is 28.3 Å². The third kappa shape index (κ3) is 5.93. The molecule has 12 heteroatoms. The van der Waals surface area contributed by atoms with Gasteiger partial charge in [-0.15, -0.1) is 0 Å². The summed E-state index contributed by atoms with van der Waals surface area (Å²) in [4.78, 5) is 29.8. The number of nitrogens with zero attached hydrogens (tertiary/aromatic N) is 2. The zero-order chi connectivity index (χ0) is 29.2. The van der Waals surface area contributed by atoms with Crippen LogP contribution in [-0.4, -0.2) is 36.1 Å². The van der Waals surface area contributed by atoms with Crippen LogP contribution in [0.15, 0.2) is 52.9 Å². The molecule has 2 N–H and O–H groups in total. The summed E-state index contributed by atoms with van der Waals surface area (Å²) in [6, 6.07) is 10.7. The van der Waals surface area contributed by atoms with E-state index in [4.69, 9.17) is 9.68 Å². The molecule has 2 amide bonds. The van der Waals surface area contributed by atoms with Crippen molar-refractivity contribution in [3.05, 3.63) is 77.0 Å². The standard InChI is InChI=1S/C28H21F5N4O3/c1-14(13-34)36-25(38)19-11-16(5-8-21(19)30)18-12-20-23(26(39)35-2)24(15-3-6-17(29)7-4-15)40-27(20)37-22(18)9-10-28(31,32)33/h3-8,11-12,14H,9-10H2,1-2H3,(H,35,39)(H,36,38)/t14-/m1/s1. The molecular formula is C28H21F5N4O3. The number of amides is 2. The zero-order valence-electron chi connectivity index (χ0n) is 21.1. The number of halogens is 5. The van der Waals surface area contributed by atoms with Crippen LogP contribution in [-0.2, 0) is 6.42 Å². The maximum atomic E-state index is 14.6. The van der Waals surface area contributed by atoms with Crippen LogP contribution < -0.4 is 10.6 Å². The van der Waals surface area contributed by atoms with Gasteiger partial charge in [-0.05, 0) is 61.4 Å². The first kappa shape index (κ1) is 28.2. The van der Waals surface area contributed by atoms with Gasteiger partial charge in [0.15, 0.2) is 0 Å². The highest BCUT2D eigenvalue weighted by molar-refractivity contribution is 6.11. The highest BCUT2D eigenvalue weighted by atomic mass is 19.4. The van der Waals surface area contributed by atoms with Gasteiger partial charge >= 0.3 is 6.18 Å². The van der Waals surface area contributed by atoms with Crippen molar-refractivity contribution in [3.8, 4) is 28.5 Å². The van der Waals surface area contributed by atoms with Crippen molar-refractivity contribution in [2.75, 3.05) is 7.05 Å². The minimum atomic E-state index is -4.52. The molecule has 0 spiro atoms. The summed E-state index contributed by atoms with van der Waals surface area (Å²) in [7, 11) is 1.37. The molecule has 0 fully saturated rings. The molecule has 0 saturated heterocycles. The Bertz CT molecular complexity index is 1640. The average molecular weight is 556 g/mol. The topological polar surface area (TPSA) is 108 Å². The molecular weight excluding hydrogens is 535 g/mol. The predicted octanol–water partition coefficient (Wildman–Crippen LogP) is 5.94. The molecule has 206 valence electrons. The minimum Gasteiger partial charge on any atom is -0.437 e. The molecule has 0 unspecified atom stereocenters. The zero-order valence-corrected chi connectivity index (χ0v) is 21.1. The van der Waals surface area contributed by atoms with E-state index in [-0.39, 0.29) is 39.2 Å². The molecule has 0 radical (unpaired) electrons. The van der Waals surface area contributed by atoms with Gasteiger partial charge in [0.2, 0.25) is 5.71 Å². The third-order valence-electron chi connectivity index (χ3n) is 6.03. The third-order valence-corrected chi connectivity index (χ3v) is 6.03. The maximum Gasteiger partial charge on any atom is 0.389 e. The van der Waals surface area contributed by atoms with Crippen LogP contribution in [0.1, 0.15) is 39.8 Å². The smallest absolute Gasteiger partial charge is 0.389 e. The molecule has 0 aliphatic carbocycles. The van der Waals surface area contributed by atoms with Gasteiger partial charge in [0.25, 0.3) is 11.8 Å². The molecule has 2 aromatic heterocycles. The average Bonchev–Trinajstić information content (AvgIpc) is 3.29. The van der Waals surface area contributed by atoms with Crippen LogP contribution in [0.3, 0.4) is 0 Å². The van der Waals surface area contributed by atoms with Crippen LogP contribution in [0, 0.1) is 23.0 Å². The number of alkyl halides is 3. The number of carbonyl (C=O) groups excluding carboxylic acids is 2. The second kappa shape index (κ2) is 11.1. The first-order valence-corrected chi connectivity index (χ1v) is 11.9. The van der Waals surface area contributed by atoms with E-state index in [1.807, 2.05) is 0 Å². The first-order valence-electron chi connectivity index (χ1n) is 11.9. The number of furan rings is 1. The Morgan fingerprint density at radius 2 is 1.73 bits per heavy atom. The van der Waals surface area contributed by atoms with E-state index < -0.39 is 54.1 Å². The van der Waals surface area contributed by atoms with E-state index in [9.17, 15) is 31.5 Å². The fourth-order valence-corrected chi connectivity index (χ4v) is 4.09. The normalized spacial score (nSPS) is 12.2. The largest absolute Gasteiger partial charge is 0.437 e. The number of rotatable bonds is 7. The van der Waals surface area contributed by atoms with E-state index in [1.165, 1.54) is 38.2 Å². The Kier molecular flexibility index (Phi) is 7.86. The Morgan fingerprint density at radius 3 is 2.35 bits per heavy atom. The van der Waals surface area contributed by atoms with E-state index in [0.717, 1.165) is 24.3 Å². The summed E-state index contributed by atoms with van der Waals surface area (Å²) >= 11 is 0. The Morgan fingerprint density at radius 1 is 1.05 bits per heavy atom. The van der Waals surface area contributed by atoms with Crippen molar-refractivity contribution in [1.82, 2.24) is 15.6 Å². The molecule has 0 aliphatic heterocycles. The summed E-state index contributed by atoms with van der Waals surface area (Å²) in [5, 5.41) is 13.9. The van der Waals surface area contributed by atoms with Gasteiger partial charge in [0, 0.05) is 24.6 Å². The summed E-state index contributed by atoms with van der Waals surface area (Å²) in [5.74, 6) is -2.92. The molecule has 0 saturated carbocycles. The summed E-state index contributed by atoms with van der Waals surface area (Å²) in [6.45, 7) is 1.39. The van der Waals surface area contributed by atoms with Gasteiger partial charge in [-0.25, -0.2) is 13.8 Å². The molecule has 0 bridgehead atoms. The lowest BCUT2D eigenvalue weighted by Gasteiger charge is -2.13. The fourth-order valence-electron chi connectivity index (χ4n) is 4.09. The van der Waals surface area contributed by atoms with Crippen molar-refractivity contribution in [3.63, 3.8) is 0 Å². The molecule has 2 heterocycles. The summed E-state index contributed by atoms with van der Waals surface area (Å²) in [6.07, 6.45) is -6.34. The number of fused-ring (bicyclic) bond motifs is 1. The van der Waals surface area contributed by atoms with Crippen molar-refractivity contribution in [2.24, 2.45) is 0 Å². The lowest BCUT2D eigenvalue weighted by molar-refractivity contribution is -0.134. The molecule has 4 rings (SSSR count). The molecule has 40 heavy (non-hydrogen) atoms. The van der Waals surface area contributed by atoms with Crippen LogP contribution in [0.25, 0.3) is 33.6 Å². The van der Waals surface area contributed by atoms with Gasteiger partial charge in [-0.1, -0.05) is 6.07 Å². The van der Waals surface area contributed by atoms with Gasteiger partial charge in [-0.2, -0.15) is 18.4 Å². The second-order valence-corrected chi connectivity index (χ2v) is 8.86. The summed E-state index contributed by atoms with van der Waals surface area (Å²) < 4.78 is 73.5. The number of pyridine rings is 1. The van der Waals surface area contributed by atoms with Crippen LogP contribution in [0.5, 0.6) is 0 Å². The number of aryl methyl sites for hydroxylation is 1. The number of benzene rings is 2. The Hall–Kier alpha value is -4.79. The highest BCUT2D eigenvalue weighted by Gasteiger charge is 2.29. The first-order chi connectivity index (χ1) is 18.9. The van der Waals surface area contributed by atoms with E-state index in [1.54, 1.807) is 6.07 Å². The fraction of sp³-hybridized carbons (Fsp3) is 0.214. The Balaban J connectivity index is 1.96. The van der Waals surface area contributed by atoms with E-state index >= 15 is 0 Å². The van der Waals surface area contributed by atoms with Crippen LogP contribution in [0.4, 0.5) is 22.0 Å². The SMILES string of the molecule is CNC(=O)c1c(-c2ccc(F)cc2)oc2nc(CCC(F)(F)F)c(-c3ccc(F)c(C(=O)N[C@H](C)C#N)c3)cc12. The predicted molar refractivity (Wildman–Crippen MR) is 135 cm³/mol. The molecule has 2 aromatic carbocycles. The maximum absolute atomic E-state index is 14.6. The van der Waals surface area contributed by atoms with Crippen molar-refractivity contribution >= 4 is 22.9 Å². The molecule has 7 nitrogen and oxygen atoms in total. The van der Waals surface area contributed by atoms with Gasteiger partial charge in [-0.3, -0.25) is 9.59 Å². The van der Waals surface area contributed by atoms with Gasteiger partial charge in [0.1, 0.15) is 23.4 Å². The van der Waals surface area contributed by atoms with Crippen molar-refractivity contribution in [2.45, 2.75) is 32.0 Å². The quantitative estimate of drug-likeness (QED) is 0.274. The lowest BCUT2D eigenvalue weighted by Crippen LogP contribution is -2.31.